The molecule has 0 spiro atoms. The van der Waals surface area contributed by atoms with Crippen LogP contribution in [0.4, 0.5) is 26.3 Å². The third-order valence-corrected chi connectivity index (χ3v) is 6.08. The van der Waals surface area contributed by atoms with Crippen molar-refractivity contribution in [1.29, 1.82) is 0 Å². The smallest absolute Gasteiger partial charge is 0.409 e. The van der Waals surface area contributed by atoms with Gasteiger partial charge in [0.2, 0.25) is 5.91 Å². The molecule has 10 nitrogen and oxygen atoms in total. The zero-order valence-electron chi connectivity index (χ0n) is 20.3. The van der Waals surface area contributed by atoms with Gasteiger partial charge in [0, 0.05) is 10.6 Å². The molecule has 1 aromatic heterocycles. The van der Waals surface area contributed by atoms with E-state index in [-0.39, 0.29) is 22.0 Å². The van der Waals surface area contributed by atoms with Crippen molar-refractivity contribution in [2.24, 2.45) is 10.9 Å². The van der Waals surface area contributed by atoms with Gasteiger partial charge in [0.1, 0.15) is 12.1 Å². The van der Waals surface area contributed by atoms with Gasteiger partial charge in [0.05, 0.1) is 12.1 Å². The van der Waals surface area contributed by atoms with E-state index in [9.17, 15) is 46.2 Å². The Morgan fingerprint density at radius 3 is 2.27 bits per heavy atom. The Labute approximate surface area is 226 Å². The molecular formula is C23H21ClF6N6O4. The summed E-state index contributed by atoms with van der Waals surface area (Å²) in [6, 6.07) is 9.05. The number of nitrogens with two attached hydrogens (primary N) is 1. The summed E-state index contributed by atoms with van der Waals surface area (Å²) in [5.74, 6) is -2.14. The van der Waals surface area contributed by atoms with E-state index < -0.39 is 60.1 Å². The highest BCUT2D eigenvalue weighted by atomic mass is 35.5. The molecule has 2 aromatic carbocycles. The first-order valence-corrected chi connectivity index (χ1v) is 11.5. The SMILES string of the molecule is C[C@](NC(=O)Cn1nc(-c2ccc(Cl)cc2)n(C[C@H](O)C(F)(F)F)c1=O)(C(N)=NO)c1cccc(C(F)(F)F)c1. The average molecular weight is 595 g/mol. The maximum Gasteiger partial charge on any atom is 0.416 e. The number of halogens is 7. The van der Waals surface area contributed by atoms with E-state index in [0.29, 0.717) is 15.3 Å². The van der Waals surface area contributed by atoms with Crippen LogP contribution in [-0.4, -0.2) is 48.7 Å². The number of alkyl halides is 6. The number of hydrogen-bond acceptors (Lipinski definition) is 6. The molecule has 2 atom stereocenters. The van der Waals surface area contributed by atoms with Gasteiger partial charge in [0.15, 0.2) is 17.8 Å². The third-order valence-electron chi connectivity index (χ3n) is 5.83. The number of oxime groups is 1. The van der Waals surface area contributed by atoms with Crippen LogP contribution in [0.15, 0.2) is 58.5 Å². The van der Waals surface area contributed by atoms with Gasteiger partial charge in [-0.2, -0.15) is 26.3 Å². The summed E-state index contributed by atoms with van der Waals surface area (Å²) in [5.41, 5.74) is 1.25. The minimum Gasteiger partial charge on any atom is -0.409 e. The lowest BCUT2D eigenvalue weighted by atomic mass is 9.89. The van der Waals surface area contributed by atoms with Crippen LogP contribution in [0, 0.1) is 0 Å². The minimum absolute atomic E-state index is 0.125. The minimum atomic E-state index is -5.08. The van der Waals surface area contributed by atoms with Crippen molar-refractivity contribution in [3.05, 3.63) is 75.2 Å². The second-order valence-electron chi connectivity index (χ2n) is 8.68. The second-order valence-corrected chi connectivity index (χ2v) is 9.11. The normalized spacial score (nSPS) is 15.0. The molecule has 3 aromatic rings. The summed E-state index contributed by atoms with van der Waals surface area (Å²) >= 11 is 5.84. The van der Waals surface area contributed by atoms with Crippen LogP contribution in [0.2, 0.25) is 5.02 Å². The van der Waals surface area contributed by atoms with Crippen molar-refractivity contribution < 1.29 is 41.5 Å². The molecule has 0 aliphatic carbocycles. The standard InChI is InChI=1S/C23H21ClF6N6O4/c1-21(19(31)34-40,13-3-2-4-14(9-13)22(25,26)27)32-17(38)11-36-20(39)35(10-16(37)23(28,29)30)18(33-36)12-5-7-15(24)8-6-12/h2-9,16,37,40H,10-11H2,1H3,(H2,31,34)(H,32,38)/t16-,21+/m0/s1. The lowest BCUT2D eigenvalue weighted by Crippen LogP contribution is -2.54. The fourth-order valence-corrected chi connectivity index (χ4v) is 3.77. The van der Waals surface area contributed by atoms with E-state index >= 15 is 0 Å². The number of rotatable bonds is 8. The van der Waals surface area contributed by atoms with Gasteiger partial charge < -0.3 is 21.4 Å². The van der Waals surface area contributed by atoms with Gasteiger partial charge in [-0.3, -0.25) is 9.36 Å². The number of benzene rings is 2. The summed E-state index contributed by atoms with van der Waals surface area (Å²) in [4.78, 5) is 25.9. The molecule has 40 heavy (non-hydrogen) atoms. The van der Waals surface area contributed by atoms with Crippen LogP contribution < -0.4 is 16.7 Å². The molecule has 1 heterocycles. The Morgan fingerprint density at radius 1 is 1.12 bits per heavy atom. The molecular weight excluding hydrogens is 574 g/mol. The van der Waals surface area contributed by atoms with E-state index in [0.717, 1.165) is 19.1 Å². The van der Waals surface area contributed by atoms with Gasteiger partial charge in [-0.1, -0.05) is 28.9 Å². The molecule has 5 N–H and O–H groups in total. The molecule has 0 unspecified atom stereocenters. The Hall–Kier alpha value is -4.05. The molecule has 216 valence electrons. The topological polar surface area (TPSA) is 148 Å². The first-order chi connectivity index (χ1) is 18.5. The van der Waals surface area contributed by atoms with Crippen molar-refractivity contribution in [3.63, 3.8) is 0 Å². The van der Waals surface area contributed by atoms with Crippen LogP contribution in [0.5, 0.6) is 0 Å². The Balaban J connectivity index is 2.01. The van der Waals surface area contributed by atoms with E-state index in [1.165, 1.54) is 30.3 Å². The lowest BCUT2D eigenvalue weighted by Gasteiger charge is -2.30. The summed E-state index contributed by atoms with van der Waals surface area (Å²) in [5, 5.41) is 28.1. The highest BCUT2D eigenvalue weighted by Crippen LogP contribution is 2.32. The van der Waals surface area contributed by atoms with Crippen LogP contribution in [-0.2, 0) is 29.6 Å². The van der Waals surface area contributed by atoms with E-state index in [2.05, 4.69) is 15.6 Å². The number of carbonyl (C=O) groups is 1. The summed E-state index contributed by atoms with van der Waals surface area (Å²) < 4.78 is 79.9. The Morgan fingerprint density at radius 2 is 1.73 bits per heavy atom. The van der Waals surface area contributed by atoms with Crippen molar-refractivity contribution in [2.75, 3.05) is 0 Å². The number of carbonyl (C=O) groups excluding carboxylic acids is 1. The number of hydrogen-bond donors (Lipinski definition) is 4. The van der Waals surface area contributed by atoms with Crippen LogP contribution in [0.3, 0.4) is 0 Å². The number of aliphatic hydroxyl groups excluding tert-OH is 1. The molecule has 3 rings (SSSR count). The van der Waals surface area contributed by atoms with Gasteiger partial charge in [0.25, 0.3) is 0 Å². The number of aromatic nitrogens is 3. The molecule has 0 saturated carbocycles. The predicted octanol–water partition coefficient (Wildman–Crippen LogP) is 3.09. The first kappa shape index (κ1) is 30.5. The molecule has 17 heteroatoms. The number of amidine groups is 1. The number of amides is 1. The molecule has 0 radical (unpaired) electrons. The van der Waals surface area contributed by atoms with Crippen molar-refractivity contribution in [3.8, 4) is 11.4 Å². The van der Waals surface area contributed by atoms with E-state index in [1.54, 1.807) is 0 Å². The monoisotopic (exact) mass is 594 g/mol. The molecule has 0 aliphatic rings. The van der Waals surface area contributed by atoms with Crippen molar-refractivity contribution in [1.82, 2.24) is 19.7 Å². The quantitative estimate of drug-likeness (QED) is 0.104. The first-order valence-electron chi connectivity index (χ1n) is 11.1. The fraction of sp³-hybridized carbons (Fsp3) is 0.304. The predicted molar refractivity (Wildman–Crippen MR) is 129 cm³/mol. The third kappa shape index (κ3) is 6.56. The second kappa shape index (κ2) is 11.2. The summed E-state index contributed by atoms with van der Waals surface area (Å²) in [7, 11) is 0. The maximum atomic E-state index is 13.3. The lowest BCUT2D eigenvalue weighted by molar-refractivity contribution is -0.207. The Kier molecular flexibility index (Phi) is 8.54. The van der Waals surface area contributed by atoms with Crippen LogP contribution >= 0.6 is 11.6 Å². The fourth-order valence-electron chi connectivity index (χ4n) is 3.64. The van der Waals surface area contributed by atoms with E-state index in [4.69, 9.17) is 17.3 Å². The average Bonchev–Trinajstić information content (AvgIpc) is 3.17. The summed E-state index contributed by atoms with van der Waals surface area (Å²) in [6.45, 7) is -1.06. The Bertz CT molecular complexity index is 1470. The largest absolute Gasteiger partial charge is 0.416 e. The molecule has 1 amide bonds. The highest BCUT2D eigenvalue weighted by molar-refractivity contribution is 6.30. The van der Waals surface area contributed by atoms with Crippen molar-refractivity contribution in [2.45, 2.75) is 44.0 Å². The highest BCUT2D eigenvalue weighted by Gasteiger charge is 2.40. The summed E-state index contributed by atoms with van der Waals surface area (Å²) in [6.07, 6.45) is -12.8. The van der Waals surface area contributed by atoms with E-state index in [1.807, 2.05) is 0 Å². The van der Waals surface area contributed by atoms with Crippen LogP contribution in [0.1, 0.15) is 18.1 Å². The zero-order valence-corrected chi connectivity index (χ0v) is 21.1. The van der Waals surface area contributed by atoms with Gasteiger partial charge >= 0.3 is 18.0 Å². The van der Waals surface area contributed by atoms with Crippen LogP contribution in [0.25, 0.3) is 11.4 Å². The van der Waals surface area contributed by atoms with Crippen molar-refractivity contribution >= 4 is 23.3 Å². The van der Waals surface area contributed by atoms with Gasteiger partial charge in [-0.15, -0.1) is 5.10 Å². The number of nitrogens with zero attached hydrogens (tertiary/aromatic N) is 4. The molecule has 0 bridgehead atoms. The number of nitrogens with one attached hydrogen (secondary N) is 1. The van der Waals surface area contributed by atoms with Gasteiger partial charge in [-0.05, 0) is 48.9 Å². The molecule has 0 fully saturated rings. The zero-order chi connectivity index (χ0) is 30.0. The number of aliphatic hydroxyl groups is 1. The maximum absolute atomic E-state index is 13.3. The molecule has 0 aliphatic heterocycles. The van der Waals surface area contributed by atoms with Gasteiger partial charge in [-0.25, -0.2) is 9.48 Å². The molecule has 0 saturated heterocycles.